The highest BCUT2D eigenvalue weighted by Crippen LogP contribution is 2.39. The van der Waals surface area contributed by atoms with E-state index in [9.17, 15) is 0 Å². The lowest BCUT2D eigenvalue weighted by molar-refractivity contribution is 0.315. The molecule has 47 heavy (non-hydrogen) atoms. The molecule has 1 aliphatic rings. The van der Waals surface area contributed by atoms with Crippen LogP contribution in [0.15, 0.2) is 139 Å². The zero-order valence-corrected chi connectivity index (χ0v) is 28.0. The number of hydrogen-bond donors (Lipinski definition) is 0. The number of hydrogen-bond acceptors (Lipinski definition) is 0. The van der Waals surface area contributed by atoms with E-state index in [1.807, 2.05) is 0 Å². The molecule has 0 spiro atoms. The van der Waals surface area contributed by atoms with Crippen molar-refractivity contribution >= 4 is 43.6 Å². The summed E-state index contributed by atoms with van der Waals surface area (Å²) in [7, 11) is 0. The van der Waals surface area contributed by atoms with Gasteiger partial charge in [0, 0.05) is 38.3 Å². The first-order valence-corrected chi connectivity index (χ1v) is 17.4. The highest BCUT2D eigenvalue weighted by atomic mass is 15.0. The van der Waals surface area contributed by atoms with Crippen LogP contribution in [0.2, 0.25) is 0 Å². The van der Waals surface area contributed by atoms with Crippen LogP contribution in [0.5, 0.6) is 0 Å². The first-order valence-electron chi connectivity index (χ1n) is 17.4. The second-order valence-corrected chi connectivity index (χ2v) is 14.3. The second-order valence-electron chi connectivity index (χ2n) is 14.3. The molecule has 5 aromatic carbocycles. The first-order chi connectivity index (χ1) is 23.0. The van der Waals surface area contributed by atoms with Gasteiger partial charge in [0.05, 0.1) is 17.1 Å². The Labute approximate surface area is 278 Å². The average molecular weight is 613 g/mol. The predicted molar refractivity (Wildman–Crippen MR) is 202 cm³/mol. The molecular formula is C45H44N2. The van der Waals surface area contributed by atoms with Crippen LogP contribution < -0.4 is 0 Å². The van der Waals surface area contributed by atoms with Gasteiger partial charge in [-0.1, -0.05) is 119 Å². The molecule has 0 fully saturated rings. The normalized spacial score (nSPS) is 15.9. The molecule has 2 nitrogen and oxygen atoms in total. The fraction of sp³-hybridized carbons (Fsp3) is 0.244. The third kappa shape index (κ3) is 5.30. The Hall–Kier alpha value is -4.82. The van der Waals surface area contributed by atoms with E-state index in [0.717, 1.165) is 18.8 Å². The molecule has 2 unspecified atom stereocenters. The molecule has 234 valence electrons. The minimum atomic E-state index is 0.314. The molecule has 0 aliphatic heterocycles. The number of nitrogens with zero attached hydrogens (tertiary/aromatic N) is 2. The smallest absolute Gasteiger partial charge is 0.0562 e. The van der Waals surface area contributed by atoms with E-state index in [1.165, 1.54) is 72.4 Å². The van der Waals surface area contributed by atoms with Gasteiger partial charge in [0.2, 0.25) is 0 Å². The molecule has 0 N–H and O–H groups in total. The summed E-state index contributed by atoms with van der Waals surface area (Å²) in [6.45, 7) is 9.49. The van der Waals surface area contributed by atoms with Crippen LogP contribution in [0.1, 0.15) is 53.0 Å². The Bertz CT molecular complexity index is 2250. The molecule has 0 bridgehead atoms. The zero-order chi connectivity index (χ0) is 32.1. The number of aromatic nitrogens is 2. The van der Waals surface area contributed by atoms with Gasteiger partial charge in [-0.25, -0.2) is 0 Å². The van der Waals surface area contributed by atoms with E-state index in [4.69, 9.17) is 0 Å². The minimum Gasteiger partial charge on any atom is -0.333 e. The molecule has 0 saturated heterocycles. The van der Waals surface area contributed by atoms with Crippen LogP contribution in [0.3, 0.4) is 0 Å². The minimum absolute atomic E-state index is 0.314. The van der Waals surface area contributed by atoms with Crippen molar-refractivity contribution in [3.63, 3.8) is 0 Å². The summed E-state index contributed by atoms with van der Waals surface area (Å²) in [4.78, 5) is 0. The largest absolute Gasteiger partial charge is 0.333 e. The molecule has 0 amide bonds. The Balaban J connectivity index is 1.21. The van der Waals surface area contributed by atoms with Crippen molar-refractivity contribution < 1.29 is 0 Å². The molecule has 2 aromatic heterocycles. The summed E-state index contributed by atoms with van der Waals surface area (Å²) < 4.78 is 5.00. The number of allylic oxidation sites excluding steroid dienone is 4. The summed E-state index contributed by atoms with van der Waals surface area (Å²) in [6.07, 6.45) is 10.8. The first kappa shape index (κ1) is 29.6. The van der Waals surface area contributed by atoms with Crippen molar-refractivity contribution in [1.82, 2.24) is 9.13 Å². The van der Waals surface area contributed by atoms with E-state index in [0.29, 0.717) is 17.9 Å². The van der Waals surface area contributed by atoms with Crippen LogP contribution in [0.25, 0.3) is 60.4 Å². The number of rotatable bonds is 8. The molecule has 0 saturated carbocycles. The molecule has 2 heteroatoms. The maximum Gasteiger partial charge on any atom is 0.0562 e. The van der Waals surface area contributed by atoms with Crippen molar-refractivity contribution in [2.75, 3.05) is 0 Å². The topological polar surface area (TPSA) is 9.86 Å². The molecule has 2 heterocycles. The van der Waals surface area contributed by atoms with Gasteiger partial charge in [0.1, 0.15) is 0 Å². The van der Waals surface area contributed by atoms with Gasteiger partial charge in [-0.15, -0.1) is 0 Å². The van der Waals surface area contributed by atoms with Crippen LogP contribution in [0, 0.1) is 17.8 Å². The van der Waals surface area contributed by atoms with Crippen LogP contribution in [-0.4, -0.2) is 9.13 Å². The highest BCUT2D eigenvalue weighted by molar-refractivity contribution is 6.10. The van der Waals surface area contributed by atoms with Crippen LogP contribution in [-0.2, 0) is 0 Å². The van der Waals surface area contributed by atoms with E-state index in [2.05, 4.69) is 170 Å². The van der Waals surface area contributed by atoms with E-state index in [1.54, 1.807) is 0 Å². The van der Waals surface area contributed by atoms with E-state index in [-0.39, 0.29) is 0 Å². The monoisotopic (exact) mass is 612 g/mol. The number of para-hydroxylation sites is 3. The average Bonchev–Trinajstić information content (AvgIpc) is 3.61. The van der Waals surface area contributed by atoms with Crippen LogP contribution in [0.4, 0.5) is 0 Å². The van der Waals surface area contributed by atoms with Crippen LogP contribution >= 0.6 is 0 Å². The lowest BCUT2D eigenvalue weighted by Gasteiger charge is -2.26. The summed E-state index contributed by atoms with van der Waals surface area (Å²) in [5, 5.41) is 5.23. The molecule has 8 rings (SSSR count). The summed E-state index contributed by atoms with van der Waals surface area (Å²) >= 11 is 0. The van der Waals surface area contributed by atoms with Gasteiger partial charge in [-0.3, -0.25) is 0 Å². The fourth-order valence-electron chi connectivity index (χ4n) is 8.11. The van der Waals surface area contributed by atoms with Crippen molar-refractivity contribution in [3.05, 3.63) is 139 Å². The van der Waals surface area contributed by atoms with Gasteiger partial charge in [-0.2, -0.15) is 0 Å². The highest BCUT2D eigenvalue weighted by Gasteiger charge is 2.22. The van der Waals surface area contributed by atoms with Crippen molar-refractivity contribution in [2.45, 2.75) is 53.0 Å². The molecule has 0 radical (unpaired) electrons. The van der Waals surface area contributed by atoms with Gasteiger partial charge < -0.3 is 9.13 Å². The Morgan fingerprint density at radius 3 is 1.91 bits per heavy atom. The summed E-state index contributed by atoms with van der Waals surface area (Å²) in [6, 6.07) is 42.9. The maximum atomic E-state index is 2.60. The standard InChI is InChI=1S/C45H44N2/c1-30(2)25-35(31(3)4)26-32-13-11-15-36(27-32)46-44-22-10-7-19-40(44)41-29-34(23-24-45(41)46)33-14-12-16-37(28-33)47-42-20-8-5-17-38(42)39-18-6-9-21-43(39)47/h5-14,16-24,27-31,35-36H,15,25-26H2,1-4H3. The third-order valence-corrected chi connectivity index (χ3v) is 10.4. The van der Waals surface area contributed by atoms with Crippen molar-refractivity contribution in [2.24, 2.45) is 17.8 Å². The molecular weight excluding hydrogens is 569 g/mol. The second kappa shape index (κ2) is 12.1. The van der Waals surface area contributed by atoms with Gasteiger partial charge in [0.25, 0.3) is 0 Å². The maximum absolute atomic E-state index is 2.60. The van der Waals surface area contributed by atoms with Crippen molar-refractivity contribution in [1.29, 1.82) is 0 Å². The number of benzene rings is 5. The Kier molecular flexibility index (Phi) is 7.60. The van der Waals surface area contributed by atoms with Gasteiger partial charge in [-0.05, 0) is 96.2 Å². The quantitative estimate of drug-likeness (QED) is 0.162. The lowest BCUT2D eigenvalue weighted by atomic mass is 9.81. The summed E-state index contributed by atoms with van der Waals surface area (Å²) in [5.74, 6) is 2.12. The Morgan fingerprint density at radius 1 is 0.617 bits per heavy atom. The molecule has 7 aromatic rings. The third-order valence-electron chi connectivity index (χ3n) is 10.4. The van der Waals surface area contributed by atoms with Crippen molar-refractivity contribution in [3.8, 4) is 16.8 Å². The lowest BCUT2D eigenvalue weighted by Crippen LogP contribution is -2.14. The number of fused-ring (bicyclic) bond motifs is 6. The van der Waals surface area contributed by atoms with Gasteiger partial charge in [0.15, 0.2) is 0 Å². The van der Waals surface area contributed by atoms with E-state index < -0.39 is 0 Å². The van der Waals surface area contributed by atoms with E-state index >= 15 is 0 Å². The predicted octanol–water partition coefficient (Wildman–Crippen LogP) is 12.7. The fourth-order valence-corrected chi connectivity index (χ4v) is 8.11. The SMILES string of the molecule is CC(C)CC(CC1=CC(n2c3ccccc3c3cc(-c4cccc(-n5c6ccccc6c6ccccc65)c4)ccc32)CC=C1)C(C)C. The molecule has 1 aliphatic carbocycles. The molecule has 2 atom stereocenters. The van der Waals surface area contributed by atoms with Gasteiger partial charge >= 0.3 is 0 Å². The summed E-state index contributed by atoms with van der Waals surface area (Å²) in [5.41, 5.74) is 10.3. The Morgan fingerprint density at radius 2 is 1.23 bits per heavy atom. The zero-order valence-electron chi connectivity index (χ0n) is 28.0.